The van der Waals surface area contributed by atoms with E-state index in [1.165, 1.54) is 15.2 Å². The highest BCUT2D eigenvalue weighted by molar-refractivity contribution is 7.89. The number of aryl methyl sites for hydroxylation is 3. The number of aromatic nitrogens is 3. The van der Waals surface area contributed by atoms with E-state index in [9.17, 15) is 13.2 Å². The Hall–Kier alpha value is -2.72. The molecule has 0 aliphatic carbocycles. The van der Waals surface area contributed by atoms with Crippen molar-refractivity contribution >= 4 is 26.6 Å². The quantitative estimate of drug-likeness (QED) is 0.644. The van der Waals surface area contributed by atoms with Crippen LogP contribution in [0.2, 0.25) is 0 Å². The molecule has 1 saturated heterocycles. The second-order valence-electron chi connectivity index (χ2n) is 6.91. The third-order valence-electron chi connectivity index (χ3n) is 5.07. The van der Waals surface area contributed by atoms with Crippen LogP contribution in [0.3, 0.4) is 0 Å². The molecule has 9 nitrogen and oxygen atoms in total. The first-order valence-corrected chi connectivity index (χ1v) is 10.4. The SMILES string of the molecule is Cc1noc(C)c1S(=O)(=O)N1CCN(c2ccc3c(=O)n(C)cnc3c2)CC1. The van der Waals surface area contributed by atoms with Crippen molar-refractivity contribution in [3.8, 4) is 0 Å². The lowest BCUT2D eigenvalue weighted by atomic mass is 10.2. The average Bonchev–Trinajstić information content (AvgIpc) is 3.03. The molecule has 2 aromatic heterocycles. The van der Waals surface area contributed by atoms with Crippen LogP contribution in [-0.2, 0) is 17.1 Å². The summed E-state index contributed by atoms with van der Waals surface area (Å²) in [5.74, 6) is 0.308. The predicted octanol–water partition coefficient (Wildman–Crippen LogP) is 1.05. The maximum atomic E-state index is 12.9. The Morgan fingerprint density at radius 3 is 2.46 bits per heavy atom. The first-order valence-electron chi connectivity index (χ1n) is 8.92. The van der Waals surface area contributed by atoms with Gasteiger partial charge in [0, 0.05) is 38.9 Å². The van der Waals surface area contributed by atoms with Gasteiger partial charge in [-0.1, -0.05) is 5.16 Å². The summed E-state index contributed by atoms with van der Waals surface area (Å²) in [6.07, 6.45) is 1.50. The summed E-state index contributed by atoms with van der Waals surface area (Å²) in [6, 6.07) is 5.52. The topological polar surface area (TPSA) is 102 Å². The van der Waals surface area contributed by atoms with Crippen LogP contribution in [0.15, 0.2) is 38.7 Å². The third-order valence-corrected chi connectivity index (χ3v) is 7.22. The molecule has 0 amide bonds. The molecule has 3 heterocycles. The zero-order chi connectivity index (χ0) is 20.1. The minimum absolute atomic E-state index is 0.0908. The summed E-state index contributed by atoms with van der Waals surface area (Å²) in [5, 5.41) is 4.32. The van der Waals surface area contributed by atoms with Crippen LogP contribution >= 0.6 is 0 Å². The van der Waals surface area contributed by atoms with Crippen LogP contribution in [0, 0.1) is 13.8 Å². The highest BCUT2D eigenvalue weighted by atomic mass is 32.2. The summed E-state index contributed by atoms with van der Waals surface area (Å²) in [7, 11) is -1.97. The van der Waals surface area contributed by atoms with E-state index >= 15 is 0 Å². The van der Waals surface area contributed by atoms with Crippen LogP contribution < -0.4 is 10.5 Å². The molecule has 1 fully saturated rings. The van der Waals surface area contributed by atoms with Gasteiger partial charge >= 0.3 is 0 Å². The Morgan fingerprint density at radius 1 is 1.11 bits per heavy atom. The molecular formula is C18H21N5O4S. The van der Waals surface area contributed by atoms with Crippen LogP contribution in [0.1, 0.15) is 11.5 Å². The molecule has 3 aromatic rings. The highest BCUT2D eigenvalue weighted by Gasteiger charge is 2.33. The highest BCUT2D eigenvalue weighted by Crippen LogP contribution is 2.26. The Bertz CT molecular complexity index is 1190. The van der Waals surface area contributed by atoms with E-state index in [4.69, 9.17) is 4.52 Å². The van der Waals surface area contributed by atoms with Gasteiger partial charge in [-0.25, -0.2) is 13.4 Å². The lowest BCUT2D eigenvalue weighted by Gasteiger charge is -2.35. The number of piperazine rings is 1. The maximum Gasteiger partial charge on any atom is 0.260 e. The summed E-state index contributed by atoms with van der Waals surface area (Å²) < 4.78 is 33.8. The Labute approximate surface area is 162 Å². The van der Waals surface area contributed by atoms with E-state index in [1.807, 2.05) is 12.1 Å². The average molecular weight is 403 g/mol. The Morgan fingerprint density at radius 2 is 1.82 bits per heavy atom. The number of benzene rings is 1. The van der Waals surface area contributed by atoms with Crippen molar-refractivity contribution in [2.75, 3.05) is 31.1 Å². The van der Waals surface area contributed by atoms with E-state index < -0.39 is 10.0 Å². The van der Waals surface area contributed by atoms with Crippen LogP contribution in [0.4, 0.5) is 5.69 Å². The summed E-state index contributed by atoms with van der Waals surface area (Å²) >= 11 is 0. The molecule has 28 heavy (non-hydrogen) atoms. The molecule has 0 spiro atoms. The van der Waals surface area contributed by atoms with Gasteiger partial charge in [0.2, 0.25) is 10.0 Å². The van der Waals surface area contributed by atoms with E-state index in [1.54, 1.807) is 27.0 Å². The van der Waals surface area contributed by atoms with Gasteiger partial charge in [-0.2, -0.15) is 4.31 Å². The molecule has 1 aromatic carbocycles. The number of hydrogen-bond acceptors (Lipinski definition) is 7. The number of anilines is 1. The van der Waals surface area contributed by atoms with E-state index in [0.29, 0.717) is 48.5 Å². The summed E-state index contributed by atoms with van der Waals surface area (Å²) in [6.45, 7) is 5.03. The monoisotopic (exact) mass is 403 g/mol. The van der Waals surface area contributed by atoms with E-state index in [2.05, 4.69) is 15.0 Å². The minimum atomic E-state index is -3.64. The van der Waals surface area contributed by atoms with Crippen molar-refractivity contribution in [3.05, 3.63) is 46.3 Å². The zero-order valence-corrected chi connectivity index (χ0v) is 16.7. The minimum Gasteiger partial charge on any atom is -0.369 e. The van der Waals surface area contributed by atoms with Crippen molar-refractivity contribution in [1.29, 1.82) is 0 Å². The fraction of sp³-hybridized carbons (Fsp3) is 0.389. The number of sulfonamides is 1. The van der Waals surface area contributed by atoms with Gasteiger partial charge in [0.15, 0.2) is 5.76 Å². The summed E-state index contributed by atoms with van der Waals surface area (Å²) in [4.78, 5) is 18.7. The van der Waals surface area contributed by atoms with Gasteiger partial charge in [-0.15, -0.1) is 0 Å². The molecule has 0 atom stereocenters. The van der Waals surface area contributed by atoms with Gasteiger partial charge in [0.1, 0.15) is 10.6 Å². The molecule has 0 unspecified atom stereocenters. The second-order valence-corrected chi connectivity index (χ2v) is 8.78. The fourth-order valence-electron chi connectivity index (χ4n) is 3.55. The molecular weight excluding hydrogens is 382 g/mol. The Kier molecular flexibility index (Phi) is 4.47. The number of rotatable bonds is 3. The maximum absolute atomic E-state index is 12.9. The smallest absolute Gasteiger partial charge is 0.260 e. The number of nitrogens with zero attached hydrogens (tertiary/aromatic N) is 5. The normalized spacial score (nSPS) is 16.0. The van der Waals surface area contributed by atoms with Gasteiger partial charge in [0.05, 0.1) is 17.2 Å². The zero-order valence-electron chi connectivity index (χ0n) is 15.9. The summed E-state index contributed by atoms with van der Waals surface area (Å²) in [5.41, 5.74) is 1.84. The molecule has 0 radical (unpaired) electrons. The fourth-order valence-corrected chi connectivity index (χ4v) is 5.27. The van der Waals surface area contributed by atoms with Gasteiger partial charge in [0.25, 0.3) is 5.56 Å². The number of hydrogen-bond donors (Lipinski definition) is 0. The van der Waals surface area contributed by atoms with E-state index in [-0.39, 0.29) is 10.5 Å². The molecule has 4 rings (SSSR count). The predicted molar refractivity (Wildman–Crippen MR) is 104 cm³/mol. The van der Waals surface area contributed by atoms with Gasteiger partial charge < -0.3 is 14.0 Å². The van der Waals surface area contributed by atoms with E-state index in [0.717, 1.165) is 5.69 Å². The molecule has 1 aliphatic heterocycles. The van der Waals surface area contributed by atoms with Crippen molar-refractivity contribution < 1.29 is 12.9 Å². The molecule has 0 bridgehead atoms. The molecule has 0 N–H and O–H groups in total. The Balaban J connectivity index is 1.55. The van der Waals surface area contributed by atoms with Crippen LogP contribution in [0.25, 0.3) is 10.9 Å². The van der Waals surface area contributed by atoms with Gasteiger partial charge in [-0.05, 0) is 32.0 Å². The molecule has 0 saturated carbocycles. The lowest BCUT2D eigenvalue weighted by Crippen LogP contribution is -2.48. The molecule has 148 valence electrons. The standard InChI is InChI=1S/C18H21N5O4S/c1-12-17(13(2)27-20-12)28(25,26)23-8-6-22(7-9-23)14-4-5-15-16(10-14)19-11-21(3)18(15)24/h4-5,10-11H,6-9H2,1-3H3. The van der Waals surface area contributed by atoms with Crippen LogP contribution in [-0.4, -0.2) is 53.6 Å². The first kappa shape index (κ1) is 18.6. The van der Waals surface area contributed by atoms with Gasteiger partial charge in [-0.3, -0.25) is 4.79 Å². The van der Waals surface area contributed by atoms with Crippen molar-refractivity contribution in [2.24, 2.45) is 7.05 Å². The van der Waals surface area contributed by atoms with Crippen molar-refractivity contribution in [1.82, 2.24) is 19.0 Å². The van der Waals surface area contributed by atoms with Crippen molar-refractivity contribution in [3.63, 3.8) is 0 Å². The first-order chi connectivity index (χ1) is 13.3. The third kappa shape index (κ3) is 2.98. The number of fused-ring (bicyclic) bond motifs is 1. The molecule has 1 aliphatic rings. The van der Waals surface area contributed by atoms with Crippen molar-refractivity contribution in [2.45, 2.75) is 18.7 Å². The second kappa shape index (κ2) is 6.71. The largest absolute Gasteiger partial charge is 0.369 e. The molecule has 10 heteroatoms. The lowest BCUT2D eigenvalue weighted by molar-refractivity contribution is 0.378. The van der Waals surface area contributed by atoms with Crippen LogP contribution in [0.5, 0.6) is 0 Å².